The Hall–Kier alpha value is -2.47. The Balaban J connectivity index is 1.55. The monoisotopic (exact) mass is 413 g/mol. The molecule has 29 heavy (non-hydrogen) atoms. The topological polar surface area (TPSA) is 72.6 Å². The minimum Gasteiger partial charge on any atom is -0.478 e. The summed E-state index contributed by atoms with van der Waals surface area (Å²) < 4.78 is 11.4. The molecule has 5 nitrogen and oxygen atoms in total. The van der Waals surface area contributed by atoms with Gasteiger partial charge in [0.05, 0.1) is 5.69 Å². The normalized spacial score (nSPS) is 16.6. The lowest BCUT2D eigenvalue weighted by Crippen LogP contribution is -2.37. The highest BCUT2D eigenvalue weighted by atomic mass is 32.2. The van der Waals surface area contributed by atoms with Gasteiger partial charge in [0.25, 0.3) is 0 Å². The first kappa shape index (κ1) is 21.2. The van der Waals surface area contributed by atoms with Crippen molar-refractivity contribution < 1.29 is 19.1 Å². The summed E-state index contributed by atoms with van der Waals surface area (Å²) >= 11 is 1.72. The Bertz CT molecular complexity index is 925. The van der Waals surface area contributed by atoms with E-state index >= 15 is 0 Å². The Morgan fingerprint density at radius 3 is 2.72 bits per heavy atom. The van der Waals surface area contributed by atoms with E-state index < -0.39 is 11.6 Å². The number of hydrogen-bond acceptors (Lipinski definition) is 5. The van der Waals surface area contributed by atoms with Crippen LogP contribution in [0.25, 0.3) is 5.57 Å². The van der Waals surface area contributed by atoms with Crippen LogP contribution in [-0.4, -0.2) is 27.4 Å². The van der Waals surface area contributed by atoms with E-state index in [9.17, 15) is 4.79 Å². The molecule has 6 heteroatoms. The van der Waals surface area contributed by atoms with Crippen LogP contribution in [0.4, 0.5) is 0 Å². The van der Waals surface area contributed by atoms with Gasteiger partial charge in [0.2, 0.25) is 5.89 Å². The van der Waals surface area contributed by atoms with Crippen molar-refractivity contribution in [3.63, 3.8) is 0 Å². The second-order valence-corrected chi connectivity index (χ2v) is 8.91. The fourth-order valence-electron chi connectivity index (χ4n) is 2.97. The lowest BCUT2D eigenvalue weighted by molar-refractivity contribution is -0.152. The zero-order valence-electron chi connectivity index (χ0n) is 17.3. The van der Waals surface area contributed by atoms with Gasteiger partial charge in [-0.3, -0.25) is 0 Å². The number of carbonyl (C=O) groups is 1. The Kier molecular flexibility index (Phi) is 6.52. The van der Waals surface area contributed by atoms with Crippen molar-refractivity contribution >= 4 is 23.3 Å². The molecule has 1 aromatic carbocycles. The summed E-state index contributed by atoms with van der Waals surface area (Å²) in [4.78, 5) is 17.0. The van der Waals surface area contributed by atoms with E-state index in [0.29, 0.717) is 17.6 Å². The summed E-state index contributed by atoms with van der Waals surface area (Å²) in [5.74, 6) is 2.50. The number of hydrogen-bond donors (Lipinski definition) is 1. The van der Waals surface area contributed by atoms with E-state index in [1.165, 1.54) is 13.8 Å². The molecule has 0 fully saturated rings. The SMILES string of the molecule is Cc1oc(C2=C[C@@H](C)CC=C2)nc1CCSc1ccc(OC(C)(C)C(=O)O)cc1. The van der Waals surface area contributed by atoms with Crippen molar-refractivity contribution in [3.05, 3.63) is 59.8 Å². The van der Waals surface area contributed by atoms with Crippen LogP contribution in [0, 0.1) is 12.8 Å². The summed E-state index contributed by atoms with van der Waals surface area (Å²) in [6.45, 7) is 7.22. The van der Waals surface area contributed by atoms with Crippen LogP contribution < -0.4 is 4.74 Å². The van der Waals surface area contributed by atoms with Crippen LogP contribution in [0.3, 0.4) is 0 Å². The van der Waals surface area contributed by atoms with Crippen molar-refractivity contribution in [1.29, 1.82) is 0 Å². The number of aryl methyl sites for hydroxylation is 2. The maximum atomic E-state index is 11.2. The first-order valence-corrected chi connectivity index (χ1v) is 10.7. The third kappa shape index (κ3) is 5.54. The second kappa shape index (κ2) is 8.91. The van der Waals surface area contributed by atoms with Crippen molar-refractivity contribution in [2.75, 3.05) is 5.75 Å². The van der Waals surface area contributed by atoms with E-state index in [2.05, 4.69) is 25.2 Å². The number of nitrogens with zero attached hydrogens (tertiary/aromatic N) is 1. The molecule has 1 aliphatic rings. The molecule has 2 aromatic rings. The molecule has 0 aliphatic heterocycles. The lowest BCUT2D eigenvalue weighted by atomic mass is 9.98. The van der Waals surface area contributed by atoms with Crippen molar-refractivity contribution in [2.45, 2.75) is 51.0 Å². The summed E-state index contributed by atoms with van der Waals surface area (Å²) in [6, 6.07) is 7.49. The molecular weight excluding hydrogens is 386 g/mol. The maximum Gasteiger partial charge on any atom is 0.347 e. The minimum atomic E-state index is -1.25. The molecule has 0 saturated heterocycles. The van der Waals surface area contributed by atoms with Crippen LogP contribution in [0.1, 0.15) is 44.5 Å². The number of aromatic nitrogens is 1. The van der Waals surface area contributed by atoms with E-state index in [1.807, 2.05) is 19.1 Å². The van der Waals surface area contributed by atoms with E-state index in [0.717, 1.165) is 40.5 Å². The highest BCUT2D eigenvalue weighted by Crippen LogP contribution is 2.28. The van der Waals surface area contributed by atoms with Gasteiger partial charge in [-0.2, -0.15) is 0 Å². The summed E-state index contributed by atoms with van der Waals surface area (Å²) in [5.41, 5.74) is 0.797. The Morgan fingerprint density at radius 1 is 1.34 bits per heavy atom. The molecule has 1 aromatic heterocycles. The van der Waals surface area contributed by atoms with Crippen LogP contribution in [-0.2, 0) is 11.2 Å². The quantitative estimate of drug-likeness (QED) is 0.573. The molecule has 0 saturated carbocycles. The predicted octanol–water partition coefficient (Wildman–Crippen LogP) is 5.54. The zero-order chi connectivity index (χ0) is 21.0. The van der Waals surface area contributed by atoms with Gasteiger partial charge in [0.1, 0.15) is 11.5 Å². The standard InChI is InChI=1S/C23H27NO4S/c1-15-6-5-7-17(14-15)21-24-20(16(2)27-21)12-13-29-19-10-8-18(9-11-19)28-23(3,4)22(25)26/h5,7-11,14-15H,6,12-13H2,1-4H3,(H,25,26)/t15-/m0/s1. The van der Waals surface area contributed by atoms with Gasteiger partial charge in [0.15, 0.2) is 5.60 Å². The molecule has 1 heterocycles. The summed E-state index contributed by atoms with van der Waals surface area (Å²) in [7, 11) is 0. The highest BCUT2D eigenvalue weighted by molar-refractivity contribution is 7.99. The molecule has 1 N–H and O–H groups in total. The number of carboxylic acid groups (broad SMARTS) is 1. The summed E-state index contributed by atoms with van der Waals surface area (Å²) in [6.07, 6.45) is 8.33. The largest absolute Gasteiger partial charge is 0.478 e. The highest BCUT2D eigenvalue weighted by Gasteiger charge is 2.29. The molecule has 3 rings (SSSR count). The van der Waals surface area contributed by atoms with Crippen LogP contribution in [0.5, 0.6) is 5.75 Å². The minimum absolute atomic E-state index is 0.509. The van der Waals surface area contributed by atoms with Crippen LogP contribution >= 0.6 is 11.8 Å². The van der Waals surface area contributed by atoms with Crippen LogP contribution in [0.2, 0.25) is 0 Å². The van der Waals surface area contributed by atoms with E-state index in [-0.39, 0.29) is 0 Å². The second-order valence-electron chi connectivity index (χ2n) is 7.75. The molecule has 0 bridgehead atoms. The number of thioether (sulfide) groups is 1. The molecule has 1 aliphatic carbocycles. The number of oxazole rings is 1. The lowest BCUT2D eigenvalue weighted by Gasteiger charge is -2.21. The molecule has 154 valence electrons. The fraction of sp³-hybridized carbons (Fsp3) is 0.391. The Labute approximate surface area is 175 Å². The molecule has 0 spiro atoms. The van der Waals surface area contributed by atoms with Crippen molar-refractivity contribution in [3.8, 4) is 5.75 Å². The third-order valence-corrected chi connectivity index (χ3v) is 5.74. The molecule has 0 radical (unpaired) electrons. The maximum absolute atomic E-state index is 11.2. The Morgan fingerprint density at radius 2 is 2.07 bits per heavy atom. The van der Waals surface area contributed by atoms with Gasteiger partial charge in [-0.1, -0.05) is 25.2 Å². The number of rotatable bonds is 8. The fourth-order valence-corrected chi connectivity index (χ4v) is 3.83. The number of ether oxygens (including phenoxy) is 1. The molecule has 1 atom stereocenters. The predicted molar refractivity (Wildman–Crippen MR) is 115 cm³/mol. The summed E-state index contributed by atoms with van der Waals surface area (Å²) in [5, 5.41) is 9.15. The number of allylic oxidation sites excluding steroid dienone is 4. The van der Waals surface area contributed by atoms with E-state index in [1.54, 1.807) is 23.9 Å². The van der Waals surface area contributed by atoms with Gasteiger partial charge in [-0.25, -0.2) is 9.78 Å². The zero-order valence-corrected chi connectivity index (χ0v) is 18.1. The number of aliphatic carboxylic acids is 1. The van der Waals surface area contributed by atoms with Crippen molar-refractivity contribution in [2.24, 2.45) is 5.92 Å². The van der Waals surface area contributed by atoms with Crippen LogP contribution in [0.15, 0.2) is 51.8 Å². The van der Waals surface area contributed by atoms with Gasteiger partial charge in [-0.15, -0.1) is 11.8 Å². The van der Waals surface area contributed by atoms with E-state index in [4.69, 9.17) is 19.2 Å². The van der Waals surface area contributed by atoms with Gasteiger partial charge < -0.3 is 14.3 Å². The molecule has 0 unspecified atom stereocenters. The van der Waals surface area contributed by atoms with Crippen molar-refractivity contribution in [1.82, 2.24) is 4.98 Å². The average Bonchev–Trinajstić information content (AvgIpc) is 3.04. The first-order chi connectivity index (χ1) is 13.7. The average molecular weight is 414 g/mol. The molecule has 0 amide bonds. The third-order valence-electron chi connectivity index (χ3n) is 4.73. The van der Waals surface area contributed by atoms with Gasteiger partial charge >= 0.3 is 5.97 Å². The van der Waals surface area contributed by atoms with Gasteiger partial charge in [-0.05, 0) is 57.4 Å². The van der Waals surface area contributed by atoms with Gasteiger partial charge in [0, 0.05) is 22.6 Å². The smallest absolute Gasteiger partial charge is 0.347 e. The molecular formula is C23H27NO4S. The first-order valence-electron chi connectivity index (χ1n) is 9.75. The number of carboxylic acids is 1. The number of benzene rings is 1.